The van der Waals surface area contributed by atoms with Gasteiger partial charge in [-0.1, -0.05) is 17.7 Å². The molecular formula is C16H21N3. The predicted octanol–water partition coefficient (Wildman–Crippen LogP) is 2.75. The maximum atomic E-state index is 6.11. The number of benzene rings is 1. The summed E-state index contributed by atoms with van der Waals surface area (Å²) in [5.74, 6) is 0. The van der Waals surface area contributed by atoms with Crippen LogP contribution in [0.2, 0.25) is 0 Å². The first-order chi connectivity index (χ1) is 9.06. The number of hydrogen-bond donors (Lipinski definition) is 1. The highest BCUT2D eigenvalue weighted by atomic mass is 15.1. The average Bonchev–Trinajstić information content (AvgIpc) is 2.71. The summed E-state index contributed by atoms with van der Waals surface area (Å²) in [6, 6.07) is 4.74. The minimum absolute atomic E-state index is 0.272. The quantitative estimate of drug-likeness (QED) is 0.851. The first-order valence-electron chi connectivity index (χ1n) is 6.94. The van der Waals surface area contributed by atoms with Crippen LogP contribution in [-0.2, 0) is 13.0 Å². The van der Waals surface area contributed by atoms with Crippen LogP contribution < -0.4 is 5.73 Å². The molecule has 0 saturated carbocycles. The van der Waals surface area contributed by atoms with Crippen molar-refractivity contribution < 1.29 is 0 Å². The Morgan fingerprint density at radius 3 is 2.58 bits per heavy atom. The molecule has 1 atom stereocenters. The van der Waals surface area contributed by atoms with Crippen LogP contribution in [0.5, 0.6) is 0 Å². The molecule has 19 heavy (non-hydrogen) atoms. The summed E-state index contributed by atoms with van der Waals surface area (Å²) in [6.07, 6.45) is 3.95. The van der Waals surface area contributed by atoms with Gasteiger partial charge in [-0.25, -0.2) is 4.98 Å². The fourth-order valence-electron chi connectivity index (χ4n) is 3.23. The van der Waals surface area contributed by atoms with Crippen molar-refractivity contribution in [2.45, 2.75) is 46.2 Å². The molecule has 3 heteroatoms. The van der Waals surface area contributed by atoms with Crippen LogP contribution in [0, 0.1) is 20.8 Å². The monoisotopic (exact) mass is 255 g/mol. The number of nitrogens with two attached hydrogens (primary N) is 1. The molecule has 1 aliphatic heterocycles. The van der Waals surface area contributed by atoms with E-state index in [1.54, 1.807) is 0 Å². The molecule has 0 fully saturated rings. The zero-order valence-corrected chi connectivity index (χ0v) is 11.9. The molecule has 1 aromatic heterocycles. The lowest BCUT2D eigenvalue weighted by Crippen LogP contribution is -2.30. The zero-order valence-electron chi connectivity index (χ0n) is 11.9. The Hall–Kier alpha value is -1.61. The molecule has 2 aromatic rings. The van der Waals surface area contributed by atoms with E-state index in [-0.39, 0.29) is 6.04 Å². The smallest absolute Gasteiger partial charge is 0.0956 e. The van der Waals surface area contributed by atoms with E-state index in [0.29, 0.717) is 0 Å². The molecule has 0 bridgehead atoms. The third-order valence-corrected chi connectivity index (χ3v) is 4.06. The summed E-state index contributed by atoms with van der Waals surface area (Å²) in [6.45, 7) is 7.48. The fourth-order valence-corrected chi connectivity index (χ4v) is 3.23. The molecule has 2 N–H and O–H groups in total. The van der Waals surface area contributed by atoms with E-state index < -0.39 is 0 Å². The third kappa shape index (κ3) is 2.08. The van der Waals surface area contributed by atoms with Crippen molar-refractivity contribution in [3.05, 3.63) is 40.8 Å². The molecule has 2 heterocycles. The summed E-state index contributed by atoms with van der Waals surface area (Å²) in [5, 5.41) is 0. The Morgan fingerprint density at radius 2 is 1.89 bits per heavy atom. The molecule has 100 valence electrons. The van der Waals surface area contributed by atoms with E-state index in [1.807, 2.05) is 6.33 Å². The van der Waals surface area contributed by atoms with Gasteiger partial charge in [-0.05, 0) is 38.3 Å². The lowest BCUT2D eigenvalue weighted by Gasteiger charge is -2.22. The molecule has 0 spiro atoms. The molecule has 0 amide bonds. The number of aromatic nitrogens is 2. The molecule has 1 aromatic carbocycles. The highest BCUT2D eigenvalue weighted by Crippen LogP contribution is 2.32. The van der Waals surface area contributed by atoms with Gasteiger partial charge in [0.15, 0.2) is 0 Å². The van der Waals surface area contributed by atoms with Crippen molar-refractivity contribution in [3.8, 4) is 11.3 Å². The van der Waals surface area contributed by atoms with Gasteiger partial charge >= 0.3 is 0 Å². The van der Waals surface area contributed by atoms with E-state index in [9.17, 15) is 0 Å². The van der Waals surface area contributed by atoms with Gasteiger partial charge in [0.25, 0.3) is 0 Å². The first kappa shape index (κ1) is 12.4. The van der Waals surface area contributed by atoms with Crippen LogP contribution in [0.3, 0.4) is 0 Å². The zero-order chi connectivity index (χ0) is 13.6. The Kier molecular flexibility index (Phi) is 2.94. The number of aryl methyl sites for hydroxylation is 4. The number of imidazole rings is 1. The van der Waals surface area contributed by atoms with Gasteiger partial charge in [-0.15, -0.1) is 0 Å². The Balaban J connectivity index is 2.16. The standard InChI is InChI=1S/C16H21N3/c1-10-6-11(2)15(12(3)7-10)16-14-8-13(17)4-5-19(14)9-18-16/h6-7,9,13H,4-5,8,17H2,1-3H3. The Morgan fingerprint density at radius 1 is 1.21 bits per heavy atom. The molecule has 3 rings (SSSR count). The first-order valence-corrected chi connectivity index (χ1v) is 6.94. The van der Waals surface area contributed by atoms with Crippen molar-refractivity contribution in [2.75, 3.05) is 0 Å². The highest BCUT2D eigenvalue weighted by molar-refractivity contribution is 5.70. The second-order valence-electron chi connectivity index (χ2n) is 5.76. The molecule has 0 aliphatic carbocycles. The highest BCUT2D eigenvalue weighted by Gasteiger charge is 2.22. The Labute approximate surface area is 114 Å². The van der Waals surface area contributed by atoms with Gasteiger partial charge in [-0.2, -0.15) is 0 Å². The summed E-state index contributed by atoms with van der Waals surface area (Å²) in [4.78, 5) is 4.66. The molecule has 3 nitrogen and oxygen atoms in total. The maximum Gasteiger partial charge on any atom is 0.0956 e. The van der Waals surface area contributed by atoms with Crippen molar-refractivity contribution in [1.82, 2.24) is 9.55 Å². The van der Waals surface area contributed by atoms with E-state index in [2.05, 4.69) is 42.5 Å². The molecule has 1 unspecified atom stereocenters. The largest absolute Gasteiger partial charge is 0.334 e. The topological polar surface area (TPSA) is 43.8 Å². The fraction of sp³-hybridized carbons (Fsp3) is 0.438. The number of hydrogen-bond acceptors (Lipinski definition) is 2. The maximum absolute atomic E-state index is 6.11. The lowest BCUT2D eigenvalue weighted by atomic mass is 9.93. The lowest BCUT2D eigenvalue weighted by molar-refractivity contribution is 0.472. The summed E-state index contributed by atoms with van der Waals surface area (Å²) in [5.41, 5.74) is 13.7. The summed E-state index contributed by atoms with van der Waals surface area (Å²) >= 11 is 0. The van der Waals surface area contributed by atoms with Crippen LogP contribution in [0.1, 0.15) is 28.8 Å². The van der Waals surface area contributed by atoms with Crippen LogP contribution >= 0.6 is 0 Å². The van der Waals surface area contributed by atoms with Crippen LogP contribution in [0.15, 0.2) is 18.5 Å². The molecule has 1 aliphatic rings. The predicted molar refractivity (Wildman–Crippen MR) is 78.2 cm³/mol. The normalized spacial score (nSPS) is 18.4. The second-order valence-corrected chi connectivity index (χ2v) is 5.76. The summed E-state index contributed by atoms with van der Waals surface area (Å²) in [7, 11) is 0. The van der Waals surface area contributed by atoms with Crippen molar-refractivity contribution in [2.24, 2.45) is 5.73 Å². The molecule has 0 radical (unpaired) electrons. The van der Waals surface area contributed by atoms with Gasteiger partial charge in [0, 0.05) is 30.3 Å². The minimum atomic E-state index is 0.272. The van der Waals surface area contributed by atoms with Gasteiger partial charge in [0.05, 0.1) is 12.0 Å². The second kappa shape index (κ2) is 4.49. The average molecular weight is 255 g/mol. The van der Waals surface area contributed by atoms with E-state index >= 15 is 0 Å². The summed E-state index contributed by atoms with van der Waals surface area (Å²) < 4.78 is 2.26. The van der Waals surface area contributed by atoms with E-state index in [4.69, 9.17) is 5.73 Å². The van der Waals surface area contributed by atoms with Gasteiger partial charge in [0.1, 0.15) is 0 Å². The van der Waals surface area contributed by atoms with Gasteiger partial charge in [-0.3, -0.25) is 0 Å². The molecule has 0 saturated heterocycles. The third-order valence-electron chi connectivity index (χ3n) is 4.06. The van der Waals surface area contributed by atoms with Crippen molar-refractivity contribution >= 4 is 0 Å². The van der Waals surface area contributed by atoms with Gasteiger partial charge < -0.3 is 10.3 Å². The van der Waals surface area contributed by atoms with Gasteiger partial charge in [0.2, 0.25) is 0 Å². The minimum Gasteiger partial charge on any atom is -0.334 e. The van der Waals surface area contributed by atoms with Crippen LogP contribution in [0.4, 0.5) is 0 Å². The molecular weight excluding hydrogens is 234 g/mol. The number of nitrogens with zero attached hydrogens (tertiary/aromatic N) is 2. The number of rotatable bonds is 1. The Bertz CT molecular complexity index is 602. The van der Waals surface area contributed by atoms with Crippen LogP contribution in [0.25, 0.3) is 11.3 Å². The van der Waals surface area contributed by atoms with Crippen molar-refractivity contribution in [3.63, 3.8) is 0 Å². The number of fused-ring (bicyclic) bond motifs is 1. The van der Waals surface area contributed by atoms with Crippen molar-refractivity contribution in [1.29, 1.82) is 0 Å². The van der Waals surface area contributed by atoms with E-state index in [0.717, 1.165) is 25.1 Å². The van der Waals surface area contributed by atoms with E-state index in [1.165, 1.54) is 27.9 Å². The van der Waals surface area contributed by atoms with Crippen LogP contribution in [-0.4, -0.2) is 15.6 Å². The SMILES string of the molecule is Cc1cc(C)c(-c2ncn3c2CC(N)CC3)c(C)c1.